The summed E-state index contributed by atoms with van der Waals surface area (Å²) in [7, 11) is 3.60. The number of benzene rings is 2. The summed E-state index contributed by atoms with van der Waals surface area (Å²) >= 11 is 0. The molecule has 0 aromatic heterocycles. The summed E-state index contributed by atoms with van der Waals surface area (Å²) in [5.74, 6) is -0.119. The standard InChI is InChI=1S/C15H20FN3O2.C9H9F.C3H9N.C3H8O.CH2O/c1-17-7-9-19(10-8-17)14(20)11-18(2)15(21)12-3-5-13(16)6-4-12;10-9-5-3-8(4-6-9)7-1-2-7;1-2-3-4;1-3(2)4;1-2/h3-6H,7-11H2,1-2H3;3-7H,1-2H2;2-4H2,1H3;3-4H,1-2H3;1H2. The zero-order valence-electron chi connectivity index (χ0n) is 25.2. The molecule has 10 heteroatoms. The number of carbonyl (C=O) groups excluding carboxylic acids is 3. The predicted octanol–water partition coefficient (Wildman–Crippen LogP) is 3.93. The van der Waals surface area contributed by atoms with Gasteiger partial charge in [0.15, 0.2) is 0 Å². The maximum atomic E-state index is 12.8. The number of likely N-dealkylation sites (N-methyl/N-ethyl adjacent to an activating group) is 2. The SMILES string of the molecule is C=O.CC(C)O.CCCN.CN1CCN(C(=O)CN(C)C(=O)c2ccc(F)cc2)CC1.Fc1ccc(C2CC2)cc1. The average molecular weight is 579 g/mol. The van der Waals surface area contributed by atoms with Gasteiger partial charge in [-0.1, -0.05) is 19.1 Å². The quantitative estimate of drug-likeness (QED) is 0.557. The van der Waals surface area contributed by atoms with Crippen molar-refractivity contribution in [2.75, 3.05) is 53.4 Å². The van der Waals surface area contributed by atoms with Gasteiger partial charge in [-0.3, -0.25) is 9.59 Å². The third kappa shape index (κ3) is 17.3. The number of aliphatic hydroxyl groups excluding tert-OH is 1. The van der Waals surface area contributed by atoms with Gasteiger partial charge in [0.1, 0.15) is 18.4 Å². The summed E-state index contributed by atoms with van der Waals surface area (Å²) in [6.07, 6.45) is 3.50. The summed E-state index contributed by atoms with van der Waals surface area (Å²) < 4.78 is 25.2. The Morgan fingerprint density at radius 3 is 1.78 bits per heavy atom. The van der Waals surface area contributed by atoms with Crippen LogP contribution >= 0.6 is 0 Å². The van der Waals surface area contributed by atoms with Crippen molar-refractivity contribution in [3.8, 4) is 0 Å². The predicted molar refractivity (Wildman–Crippen MR) is 160 cm³/mol. The number of amides is 2. The molecule has 4 rings (SSSR count). The van der Waals surface area contributed by atoms with E-state index in [1.165, 1.54) is 59.7 Å². The van der Waals surface area contributed by atoms with Gasteiger partial charge in [-0.15, -0.1) is 0 Å². The van der Waals surface area contributed by atoms with Crippen LogP contribution in [-0.2, 0) is 9.59 Å². The molecule has 0 spiro atoms. The third-order valence-electron chi connectivity index (χ3n) is 5.87. The van der Waals surface area contributed by atoms with Gasteiger partial charge in [0, 0.05) is 44.9 Å². The topological polar surface area (TPSA) is 107 Å². The van der Waals surface area contributed by atoms with Gasteiger partial charge in [0.05, 0.1) is 6.54 Å². The van der Waals surface area contributed by atoms with E-state index in [-0.39, 0.29) is 36.1 Å². The van der Waals surface area contributed by atoms with E-state index < -0.39 is 0 Å². The minimum Gasteiger partial charge on any atom is -0.394 e. The maximum absolute atomic E-state index is 12.8. The number of piperazine rings is 1. The molecule has 1 aliphatic carbocycles. The van der Waals surface area contributed by atoms with Crippen molar-refractivity contribution < 1.29 is 28.3 Å². The normalized spacial score (nSPS) is 14.0. The molecule has 0 bridgehead atoms. The van der Waals surface area contributed by atoms with Crippen molar-refractivity contribution in [2.45, 2.75) is 52.1 Å². The van der Waals surface area contributed by atoms with Crippen LogP contribution in [-0.4, -0.2) is 97.9 Å². The van der Waals surface area contributed by atoms with E-state index in [2.05, 4.69) is 11.8 Å². The lowest BCUT2D eigenvalue weighted by Crippen LogP contribution is -2.50. The molecule has 41 heavy (non-hydrogen) atoms. The molecule has 8 nitrogen and oxygen atoms in total. The Balaban J connectivity index is 0.000000657. The molecule has 1 heterocycles. The molecule has 230 valence electrons. The zero-order valence-corrected chi connectivity index (χ0v) is 25.2. The number of aliphatic hydroxyl groups is 1. The second kappa shape index (κ2) is 21.5. The lowest BCUT2D eigenvalue weighted by Gasteiger charge is -2.33. The lowest BCUT2D eigenvalue weighted by atomic mass is 10.1. The summed E-state index contributed by atoms with van der Waals surface area (Å²) in [5.41, 5.74) is 6.70. The molecule has 2 aromatic rings. The number of hydrogen-bond acceptors (Lipinski definition) is 6. The monoisotopic (exact) mass is 578 g/mol. The molecule has 1 saturated carbocycles. The molecule has 2 aromatic carbocycles. The highest BCUT2D eigenvalue weighted by molar-refractivity contribution is 5.96. The van der Waals surface area contributed by atoms with Gasteiger partial charge < -0.3 is 30.3 Å². The summed E-state index contributed by atoms with van der Waals surface area (Å²) in [4.78, 5) is 37.6. The number of nitrogens with two attached hydrogens (primary N) is 1. The smallest absolute Gasteiger partial charge is 0.254 e. The third-order valence-corrected chi connectivity index (χ3v) is 5.87. The molecular weight excluding hydrogens is 530 g/mol. The van der Waals surface area contributed by atoms with Crippen LogP contribution in [0.1, 0.15) is 61.9 Å². The first-order valence-electron chi connectivity index (χ1n) is 13.9. The van der Waals surface area contributed by atoms with Crippen LogP contribution in [0.3, 0.4) is 0 Å². The van der Waals surface area contributed by atoms with Gasteiger partial charge in [-0.25, -0.2) is 8.78 Å². The Morgan fingerprint density at radius 2 is 1.39 bits per heavy atom. The number of rotatable bonds is 5. The highest BCUT2D eigenvalue weighted by Crippen LogP contribution is 2.39. The van der Waals surface area contributed by atoms with Crippen LogP contribution < -0.4 is 5.73 Å². The molecule has 1 aliphatic heterocycles. The van der Waals surface area contributed by atoms with E-state index in [0.29, 0.717) is 18.7 Å². The van der Waals surface area contributed by atoms with Crippen LogP contribution in [0.4, 0.5) is 8.78 Å². The van der Waals surface area contributed by atoms with Gasteiger partial charge >= 0.3 is 0 Å². The molecule has 0 radical (unpaired) electrons. The molecule has 0 unspecified atom stereocenters. The molecule has 0 atom stereocenters. The highest BCUT2D eigenvalue weighted by Gasteiger charge is 2.23. The van der Waals surface area contributed by atoms with Gasteiger partial charge in [-0.05, 0) is 94.6 Å². The van der Waals surface area contributed by atoms with Crippen LogP contribution in [0.5, 0.6) is 0 Å². The number of carbonyl (C=O) groups is 3. The minimum atomic E-state index is -0.386. The van der Waals surface area contributed by atoms with E-state index in [0.717, 1.165) is 32.0 Å². The highest BCUT2D eigenvalue weighted by atomic mass is 19.1. The van der Waals surface area contributed by atoms with Crippen LogP contribution in [0, 0.1) is 11.6 Å². The lowest BCUT2D eigenvalue weighted by molar-refractivity contribution is -0.133. The van der Waals surface area contributed by atoms with Crippen molar-refractivity contribution in [2.24, 2.45) is 5.73 Å². The summed E-state index contributed by atoms with van der Waals surface area (Å²) in [5, 5.41) is 8.06. The summed E-state index contributed by atoms with van der Waals surface area (Å²) in [6, 6.07) is 12.2. The first-order chi connectivity index (χ1) is 19.5. The molecule has 2 aliphatic rings. The van der Waals surface area contributed by atoms with Crippen molar-refractivity contribution in [1.82, 2.24) is 14.7 Å². The van der Waals surface area contributed by atoms with E-state index in [4.69, 9.17) is 15.6 Å². The van der Waals surface area contributed by atoms with Crippen molar-refractivity contribution in [3.63, 3.8) is 0 Å². The van der Waals surface area contributed by atoms with Crippen LogP contribution in [0.25, 0.3) is 0 Å². The fraction of sp³-hybridized carbons (Fsp3) is 0.516. The van der Waals surface area contributed by atoms with E-state index in [1.54, 1.807) is 25.8 Å². The van der Waals surface area contributed by atoms with Gasteiger partial charge in [0.25, 0.3) is 5.91 Å². The van der Waals surface area contributed by atoms with Crippen LogP contribution in [0.15, 0.2) is 48.5 Å². The molecule has 1 saturated heterocycles. The summed E-state index contributed by atoms with van der Waals surface area (Å²) in [6.45, 7) is 11.4. The molecule has 2 amide bonds. The van der Waals surface area contributed by atoms with E-state index in [9.17, 15) is 18.4 Å². The second-order valence-electron chi connectivity index (χ2n) is 10.1. The average Bonchev–Trinajstić information content (AvgIpc) is 3.81. The number of nitrogens with zero attached hydrogens (tertiary/aromatic N) is 3. The first kappa shape index (κ1) is 37.8. The Hall–Kier alpha value is -3.21. The first-order valence-corrected chi connectivity index (χ1v) is 13.9. The number of halogens is 2. The van der Waals surface area contributed by atoms with Crippen LogP contribution in [0.2, 0.25) is 0 Å². The second-order valence-corrected chi connectivity index (χ2v) is 10.1. The largest absolute Gasteiger partial charge is 0.394 e. The van der Waals surface area contributed by atoms with Crippen molar-refractivity contribution >= 4 is 18.6 Å². The number of hydrogen-bond donors (Lipinski definition) is 2. The van der Waals surface area contributed by atoms with E-state index in [1.807, 2.05) is 26.0 Å². The Labute approximate surface area is 244 Å². The maximum Gasteiger partial charge on any atom is 0.254 e. The Kier molecular flexibility index (Phi) is 19.8. The fourth-order valence-electron chi connectivity index (χ4n) is 3.40. The van der Waals surface area contributed by atoms with Crippen molar-refractivity contribution in [3.05, 3.63) is 71.3 Å². The zero-order chi connectivity index (χ0) is 31.4. The Bertz CT molecular complexity index is 974. The Morgan fingerprint density at radius 1 is 0.976 bits per heavy atom. The van der Waals surface area contributed by atoms with E-state index >= 15 is 0 Å². The minimum absolute atomic E-state index is 0.0416. The van der Waals surface area contributed by atoms with Gasteiger partial charge in [0.2, 0.25) is 5.91 Å². The molecule has 3 N–H and O–H groups in total. The van der Waals surface area contributed by atoms with Crippen molar-refractivity contribution in [1.29, 1.82) is 0 Å². The fourth-order valence-corrected chi connectivity index (χ4v) is 3.40. The molecular formula is C31H48F2N4O4. The van der Waals surface area contributed by atoms with Gasteiger partial charge in [-0.2, -0.15) is 0 Å². The molecule has 2 fully saturated rings.